The van der Waals surface area contributed by atoms with Gasteiger partial charge >= 0.3 is 0 Å². The lowest BCUT2D eigenvalue weighted by Gasteiger charge is -2.39. The summed E-state index contributed by atoms with van der Waals surface area (Å²) in [6.07, 6.45) is 4.44. The van der Waals surface area contributed by atoms with Crippen LogP contribution in [0, 0.1) is 19.7 Å². The van der Waals surface area contributed by atoms with Crippen molar-refractivity contribution in [3.8, 4) is 0 Å². The average molecular weight is 502 g/mol. The predicted octanol–water partition coefficient (Wildman–Crippen LogP) is 4.30. The van der Waals surface area contributed by atoms with Gasteiger partial charge in [0, 0.05) is 37.4 Å². The van der Waals surface area contributed by atoms with E-state index in [1.807, 2.05) is 29.8 Å². The van der Waals surface area contributed by atoms with Crippen molar-refractivity contribution in [1.82, 2.24) is 30.1 Å². The highest BCUT2D eigenvalue weighted by Crippen LogP contribution is 2.34. The molecule has 6 rings (SSSR count). The molecule has 9 heteroatoms. The van der Waals surface area contributed by atoms with E-state index in [2.05, 4.69) is 49.4 Å². The number of halogens is 1. The zero-order chi connectivity index (χ0) is 25.5. The van der Waals surface area contributed by atoms with Crippen molar-refractivity contribution in [2.45, 2.75) is 51.6 Å². The molecule has 0 amide bonds. The number of fused-ring (bicyclic) bond motifs is 1. The maximum atomic E-state index is 13.6. The van der Waals surface area contributed by atoms with Crippen LogP contribution in [-0.4, -0.2) is 56.3 Å². The highest BCUT2D eigenvalue weighted by Gasteiger charge is 2.34. The van der Waals surface area contributed by atoms with Gasteiger partial charge in [0.15, 0.2) is 5.82 Å². The second-order valence-corrected chi connectivity index (χ2v) is 10.4. The number of hydrogen-bond donors (Lipinski definition) is 1. The largest absolute Gasteiger partial charge is 0.369 e. The molecular formula is C28H32FN7O. The summed E-state index contributed by atoms with van der Waals surface area (Å²) in [6, 6.07) is 12.8. The van der Waals surface area contributed by atoms with Gasteiger partial charge in [-0.15, -0.1) is 5.10 Å². The minimum atomic E-state index is -0.361. The van der Waals surface area contributed by atoms with Gasteiger partial charge in [0.25, 0.3) is 5.56 Å². The monoisotopic (exact) mass is 501 g/mol. The Morgan fingerprint density at radius 1 is 1.00 bits per heavy atom. The molecule has 1 aliphatic heterocycles. The summed E-state index contributed by atoms with van der Waals surface area (Å²) in [4.78, 5) is 21.3. The number of aromatic amines is 1. The predicted molar refractivity (Wildman–Crippen MR) is 141 cm³/mol. The lowest BCUT2D eigenvalue weighted by atomic mass is 10.00. The fourth-order valence-corrected chi connectivity index (χ4v) is 6.09. The number of benzene rings is 2. The Morgan fingerprint density at radius 2 is 1.73 bits per heavy atom. The summed E-state index contributed by atoms with van der Waals surface area (Å²) < 4.78 is 15.4. The Kier molecular flexibility index (Phi) is 6.24. The van der Waals surface area contributed by atoms with Crippen LogP contribution in [0.3, 0.4) is 0 Å². The molecule has 37 heavy (non-hydrogen) atoms. The normalized spacial score (nSPS) is 18.1. The minimum Gasteiger partial charge on any atom is -0.369 e. The number of rotatable bonds is 5. The summed E-state index contributed by atoms with van der Waals surface area (Å²) in [5.41, 5.74) is 4.65. The molecule has 1 saturated carbocycles. The maximum absolute atomic E-state index is 13.6. The highest BCUT2D eigenvalue weighted by atomic mass is 19.1. The first-order chi connectivity index (χ1) is 18.0. The van der Waals surface area contributed by atoms with E-state index in [-0.39, 0.29) is 23.5 Å². The molecule has 192 valence electrons. The third-order valence-electron chi connectivity index (χ3n) is 7.92. The van der Waals surface area contributed by atoms with Crippen LogP contribution in [0.5, 0.6) is 0 Å². The Morgan fingerprint density at radius 3 is 2.46 bits per heavy atom. The van der Waals surface area contributed by atoms with Crippen molar-refractivity contribution in [1.29, 1.82) is 0 Å². The fourth-order valence-electron chi connectivity index (χ4n) is 6.09. The van der Waals surface area contributed by atoms with Gasteiger partial charge in [-0.25, -0.2) is 9.07 Å². The molecule has 0 bridgehead atoms. The molecule has 0 unspecified atom stereocenters. The van der Waals surface area contributed by atoms with Gasteiger partial charge < -0.3 is 9.88 Å². The van der Waals surface area contributed by atoms with Crippen molar-refractivity contribution < 1.29 is 4.39 Å². The lowest BCUT2D eigenvalue weighted by molar-refractivity contribution is 0.197. The molecule has 1 saturated heterocycles. The van der Waals surface area contributed by atoms with Crippen LogP contribution >= 0.6 is 0 Å². The number of nitrogens with one attached hydrogen (secondary N) is 1. The van der Waals surface area contributed by atoms with Gasteiger partial charge in [-0.05, 0) is 84.5 Å². The summed E-state index contributed by atoms with van der Waals surface area (Å²) in [5.74, 6) is 0.499. The first-order valence-electron chi connectivity index (χ1n) is 13.1. The summed E-state index contributed by atoms with van der Waals surface area (Å²) >= 11 is 0. The minimum absolute atomic E-state index is 0.105. The standard InChI is InChI=1S/C28H32FN7O/c1-18-15-19(2)25-20(16-18)17-24(28(37)30-25)26(27-31-32-33-36(27)23-5-3-4-6-23)35-13-11-34(12-14-35)22-9-7-21(29)8-10-22/h7-10,15-17,23,26H,3-6,11-14H2,1-2H3,(H,30,37)/t26-/m0/s1. The number of piperazine rings is 1. The molecule has 8 nitrogen and oxygen atoms in total. The van der Waals surface area contributed by atoms with Gasteiger partial charge in [-0.1, -0.05) is 24.5 Å². The maximum Gasteiger partial charge on any atom is 0.253 e. The van der Waals surface area contributed by atoms with Crippen LogP contribution in [0.25, 0.3) is 10.9 Å². The third-order valence-corrected chi connectivity index (χ3v) is 7.92. The molecule has 4 aromatic rings. The first-order valence-corrected chi connectivity index (χ1v) is 13.1. The first kappa shape index (κ1) is 23.8. The molecule has 2 aromatic heterocycles. The van der Waals surface area contributed by atoms with Crippen LogP contribution in [0.4, 0.5) is 10.1 Å². The number of nitrogens with zero attached hydrogens (tertiary/aromatic N) is 6. The van der Waals surface area contributed by atoms with Crippen LogP contribution in [0.15, 0.2) is 47.3 Å². The average Bonchev–Trinajstić information content (AvgIpc) is 3.58. The second kappa shape index (κ2) is 9.70. The van der Waals surface area contributed by atoms with Gasteiger partial charge in [0.05, 0.1) is 11.6 Å². The van der Waals surface area contributed by atoms with Gasteiger partial charge in [-0.3, -0.25) is 9.69 Å². The summed E-state index contributed by atoms with van der Waals surface area (Å²) in [6.45, 7) is 7.07. The topological polar surface area (TPSA) is 82.9 Å². The molecule has 0 radical (unpaired) electrons. The van der Waals surface area contributed by atoms with Crippen molar-refractivity contribution in [2.75, 3.05) is 31.1 Å². The number of tetrazole rings is 1. The number of aryl methyl sites for hydroxylation is 2. The quantitative estimate of drug-likeness (QED) is 0.439. The SMILES string of the molecule is Cc1cc(C)c2[nH]c(=O)c([C@@H](c3nnnn3C3CCCC3)N3CCN(c4ccc(F)cc4)CC3)cc2c1. The number of aromatic nitrogens is 5. The van der Waals surface area contributed by atoms with Crippen LogP contribution in [-0.2, 0) is 0 Å². The lowest BCUT2D eigenvalue weighted by Crippen LogP contribution is -2.49. The summed E-state index contributed by atoms with van der Waals surface area (Å²) in [7, 11) is 0. The third kappa shape index (κ3) is 4.52. The number of H-pyrrole nitrogens is 1. The molecule has 2 aromatic carbocycles. The van der Waals surface area contributed by atoms with E-state index in [4.69, 9.17) is 0 Å². The van der Waals surface area contributed by atoms with Crippen molar-refractivity contribution in [3.63, 3.8) is 0 Å². The van der Waals surface area contributed by atoms with E-state index in [0.717, 1.165) is 72.6 Å². The van der Waals surface area contributed by atoms with Crippen molar-refractivity contribution >= 4 is 16.6 Å². The Bertz CT molecular complexity index is 1460. The molecule has 1 N–H and O–H groups in total. The highest BCUT2D eigenvalue weighted by molar-refractivity contribution is 5.83. The molecular weight excluding hydrogens is 469 g/mol. The number of anilines is 1. The molecule has 1 atom stereocenters. The van der Waals surface area contributed by atoms with Gasteiger partial charge in [0.2, 0.25) is 0 Å². The Balaban J connectivity index is 1.40. The van der Waals surface area contributed by atoms with E-state index in [0.29, 0.717) is 5.56 Å². The van der Waals surface area contributed by atoms with Crippen LogP contribution in [0.2, 0.25) is 0 Å². The molecule has 2 aliphatic rings. The van der Waals surface area contributed by atoms with E-state index in [1.165, 1.54) is 25.0 Å². The van der Waals surface area contributed by atoms with E-state index in [9.17, 15) is 9.18 Å². The Labute approximate surface area is 215 Å². The zero-order valence-corrected chi connectivity index (χ0v) is 21.3. The molecule has 3 heterocycles. The number of hydrogen-bond acceptors (Lipinski definition) is 6. The fraction of sp³-hybridized carbons (Fsp3) is 0.429. The molecule has 0 spiro atoms. The Hall–Kier alpha value is -3.59. The van der Waals surface area contributed by atoms with Crippen molar-refractivity contribution in [2.24, 2.45) is 0 Å². The van der Waals surface area contributed by atoms with E-state index < -0.39 is 0 Å². The van der Waals surface area contributed by atoms with Crippen molar-refractivity contribution in [3.05, 3.63) is 81.2 Å². The summed E-state index contributed by atoms with van der Waals surface area (Å²) in [5, 5.41) is 14.0. The molecule has 1 aliphatic carbocycles. The molecule has 2 fully saturated rings. The second-order valence-electron chi connectivity index (χ2n) is 10.4. The van der Waals surface area contributed by atoms with E-state index in [1.54, 1.807) is 0 Å². The van der Waals surface area contributed by atoms with Gasteiger partial charge in [0.1, 0.15) is 11.9 Å². The van der Waals surface area contributed by atoms with E-state index >= 15 is 0 Å². The zero-order valence-electron chi connectivity index (χ0n) is 21.3. The van der Waals surface area contributed by atoms with Crippen LogP contribution < -0.4 is 10.5 Å². The smallest absolute Gasteiger partial charge is 0.253 e. The van der Waals surface area contributed by atoms with Crippen LogP contribution in [0.1, 0.15) is 60.3 Å². The number of pyridine rings is 1. The van der Waals surface area contributed by atoms with Gasteiger partial charge in [-0.2, -0.15) is 0 Å².